The molecular formula is C19H24N6O3. The molecule has 0 bridgehead atoms. The molecule has 0 spiro atoms. The molecule has 2 aromatic heterocycles. The maximum Gasteiger partial charge on any atom is 0.328 e. The number of urea groups is 1. The van der Waals surface area contributed by atoms with Crippen LogP contribution in [0.25, 0.3) is 11.4 Å². The molecule has 9 heteroatoms. The summed E-state index contributed by atoms with van der Waals surface area (Å²) in [5.41, 5.74) is 2.64. The van der Waals surface area contributed by atoms with E-state index in [1.54, 1.807) is 24.2 Å². The van der Waals surface area contributed by atoms with Gasteiger partial charge in [-0.3, -0.25) is 4.98 Å². The molecule has 0 saturated heterocycles. The van der Waals surface area contributed by atoms with Crippen molar-refractivity contribution in [3.63, 3.8) is 0 Å². The minimum Gasteiger partial charge on any atom is -0.467 e. The standard InChI is InChI=1S/C19H24N6O3/c1-12(18(26)28-4)21-19(27)25-9-7-14-15(11-25)22-16(23-17(14)24(2)3)13-6-5-8-20-10-13/h5-6,8,10,12H,7,9,11H2,1-4H3,(H,21,27)/t12-/m0/s1. The molecule has 0 radical (unpaired) electrons. The molecule has 1 aliphatic rings. The highest BCUT2D eigenvalue weighted by Crippen LogP contribution is 2.28. The first-order chi connectivity index (χ1) is 13.4. The predicted octanol–water partition coefficient (Wildman–Crippen LogP) is 1.23. The Labute approximate surface area is 163 Å². The highest BCUT2D eigenvalue weighted by atomic mass is 16.5. The van der Waals surface area contributed by atoms with Gasteiger partial charge in [0, 0.05) is 44.2 Å². The summed E-state index contributed by atoms with van der Waals surface area (Å²) in [5.74, 6) is 0.925. The van der Waals surface area contributed by atoms with Gasteiger partial charge >= 0.3 is 12.0 Å². The number of hydrogen-bond acceptors (Lipinski definition) is 7. The van der Waals surface area contributed by atoms with Gasteiger partial charge < -0.3 is 19.9 Å². The van der Waals surface area contributed by atoms with Crippen LogP contribution in [0.1, 0.15) is 18.2 Å². The number of aromatic nitrogens is 3. The van der Waals surface area contributed by atoms with E-state index in [4.69, 9.17) is 9.97 Å². The lowest BCUT2D eigenvalue weighted by atomic mass is 10.0. The van der Waals surface area contributed by atoms with Gasteiger partial charge in [0.1, 0.15) is 11.9 Å². The Morgan fingerprint density at radius 3 is 2.75 bits per heavy atom. The molecule has 0 aliphatic carbocycles. The molecule has 1 aliphatic heterocycles. The third-order valence-corrected chi connectivity index (χ3v) is 4.57. The zero-order valence-corrected chi connectivity index (χ0v) is 16.5. The van der Waals surface area contributed by atoms with Gasteiger partial charge in [-0.15, -0.1) is 0 Å². The molecule has 1 N–H and O–H groups in total. The molecule has 0 unspecified atom stereocenters. The van der Waals surface area contributed by atoms with Crippen LogP contribution in [0.3, 0.4) is 0 Å². The molecule has 0 aromatic carbocycles. The molecule has 1 atom stereocenters. The van der Waals surface area contributed by atoms with Gasteiger partial charge in [0.15, 0.2) is 5.82 Å². The average Bonchev–Trinajstić information content (AvgIpc) is 2.72. The van der Waals surface area contributed by atoms with Gasteiger partial charge in [-0.25, -0.2) is 19.6 Å². The van der Waals surface area contributed by atoms with Crippen molar-refractivity contribution in [3.05, 3.63) is 35.8 Å². The normalized spacial score (nSPS) is 14.1. The van der Waals surface area contributed by atoms with E-state index < -0.39 is 12.0 Å². The quantitative estimate of drug-likeness (QED) is 0.792. The number of amides is 2. The molecule has 28 heavy (non-hydrogen) atoms. The number of fused-ring (bicyclic) bond motifs is 1. The average molecular weight is 384 g/mol. The Kier molecular flexibility index (Phi) is 5.72. The van der Waals surface area contributed by atoms with Crippen LogP contribution in [-0.2, 0) is 22.5 Å². The third kappa shape index (κ3) is 4.03. The van der Waals surface area contributed by atoms with Crippen LogP contribution in [0, 0.1) is 0 Å². The number of pyridine rings is 1. The van der Waals surface area contributed by atoms with Crippen molar-refractivity contribution >= 4 is 17.8 Å². The van der Waals surface area contributed by atoms with Crippen LogP contribution in [0.15, 0.2) is 24.5 Å². The number of carbonyl (C=O) groups excluding carboxylic acids is 2. The molecule has 2 amide bonds. The van der Waals surface area contributed by atoms with Crippen LogP contribution in [0.5, 0.6) is 0 Å². The second kappa shape index (κ2) is 8.20. The van der Waals surface area contributed by atoms with Crippen molar-refractivity contribution in [2.45, 2.75) is 25.9 Å². The largest absolute Gasteiger partial charge is 0.467 e. The monoisotopic (exact) mass is 384 g/mol. The van der Waals surface area contributed by atoms with Crippen LogP contribution in [0.4, 0.5) is 10.6 Å². The minimum absolute atomic E-state index is 0.323. The highest BCUT2D eigenvalue weighted by molar-refractivity contribution is 5.83. The van der Waals surface area contributed by atoms with Crippen molar-refractivity contribution < 1.29 is 14.3 Å². The summed E-state index contributed by atoms with van der Waals surface area (Å²) >= 11 is 0. The molecule has 3 heterocycles. The molecule has 3 rings (SSSR count). The fraction of sp³-hybridized carbons (Fsp3) is 0.421. The maximum absolute atomic E-state index is 12.6. The summed E-state index contributed by atoms with van der Waals surface area (Å²) in [4.78, 5) is 41.2. The number of methoxy groups -OCH3 is 1. The van der Waals surface area contributed by atoms with Crippen molar-refractivity contribution in [2.24, 2.45) is 0 Å². The molecule has 0 saturated carbocycles. The predicted molar refractivity (Wildman–Crippen MR) is 104 cm³/mol. The number of rotatable bonds is 4. The van der Waals surface area contributed by atoms with E-state index in [2.05, 4.69) is 15.0 Å². The molecule has 9 nitrogen and oxygen atoms in total. The lowest BCUT2D eigenvalue weighted by Crippen LogP contribution is -2.48. The summed E-state index contributed by atoms with van der Waals surface area (Å²) in [5, 5.41) is 2.66. The summed E-state index contributed by atoms with van der Waals surface area (Å²) in [6, 6.07) is 2.70. The maximum atomic E-state index is 12.6. The fourth-order valence-corrected chi connectivity index (χ4v) is 3.09. The Morgan fingerprint density at radius 1 is 1.32 bits per heavy atom. The number of esters is 1. The fourth-order valence-electron chi connectivity index (χ4n) is 3.09. The van der Waals surface area contributed by atoms with E-state index in [1.165, 1.54) is 7.11 Å². The summed E-state index contributed by atoms with van der Waals surface area (Å²) in [6.07, 6.45) is 4.05. The smallest absolute Gasteiger partial charge is 0.328 e. The van der Waals surface area contributed by atoms with Crippen molar-refractivity contribution in [1.82, 2.24) is 25.2 Å². The Balaban J connectivity index is 1.88. The van der Waals surface area contributed by atoms with E-state index in [0.29, 0.717) is 25.3 Å². The van der Waals surface area contributed by atoms with Crippen molar-refractivity contribution in [1.29, 1.82) is 0 Å². The SMILES string of the molecule is COC(=O)[C@H](C)NC(=O)N1CCc2c(nc(-c3cccnc3)nc2N(C)C)C1. The minimum atomic E-state index is -0.715. The first-order valence-electron chi connectivity index (χ1n) is 9.01. The van der Waals surface area contributed by atoms with E-state index in [-0.39, 0.29) is 6.03 Å². The number of hydrogen-bond donors (Lipinski definition) is 1. The summed E-state index contributed by atoms with van der Waals surface area (Å²) < 4.78 is 4.66. The lowest BCUT2D eigenvalue weighted by Gasteiger charge is -2.31. The third-order valence-electron chi connectivity index (χ3n) is 4.57. The number of ether oxygens (including phenoxy) is 1. The van der Waals surface area contributed by atoms with Gasteiger partial charge in [-0.2, -0.15) is 0 Å². The molecular weight excluding hydrogens is 360 g/mol. The van der Waals surface area contributed by atoms with Gasteiger partial charge in [-0.1, -0.05) is 0 Å². The molecule has 0 fully saturated rings. The topological polar surface area (TPSA) is 101 Å². The van der Waals surface area contributed by atoms with E-state index in [1.807, 2.05) is 31.1 Å². The van der Waals surface area contributed by atoms with Crippen LogP contribution in [0.2, 0.25) is 0 Å². The Bertz CT molecular complexity index is 871. The van der Waals surface area contributed by atoms with Crippen LogP contribution in [-0.4, -0.2) is 65.6 Å². The van der Waals surface area contributed by atoms with Gasteiger partial charge in [0.25, 0.3) is 0 Å². The lowest BCUT2D eigenvalue weighted by molar-refractivity contribution is -0.142. The van der Waals surface area contributed by atoms with E-state index in [0.717, 1.165) is 22.6 Å². The van der Waals surface area contributed by atoms with Gasteiger partial charge in [-0.05, 0) is 25.5 Å². The Morgan fingerprint density at radius 2 is 2.11 bits per heavy atom. The van der Waals surface area contributed by atoms with Crippen molar-refractivity contribution in [2.75, 3.05) is 32.6 Å². The first-order valence-corrected chi connectivity index (χ1v) is 9.01. The molecule has 2 aromatic rings. The number of nitrogens with zero attached hydrogens (tertiary/aromatic N) is 5. The molecule has 148 valence electrons. The number of nitrogens with one attached hydrogen (secondary N) is 1. The summed E-state index contributed by atoms with van der Waals surface area (Å²) in [7, 11) is 5.17. The van der Waals surface area contributed by atoms with E-state index >= 15 is 0 Å². The van der Waals surface area contributed by atoms with Crippen LogP contribution >= 0.6 is 0 Å². The second-order valence-corrected chi connectivity index (χ2v) is 6.80. The van der Waals surface area contributed by atoms with Gasteiger partial charge in [0.05, 0.1) is 19.3 Å². The summed E-state index contributed by atoms with van der Waals surface area (Å²) in [6.45, 7) is 2.45. The Hall–Kier alpha value is -3.23. The highest BCUT2D eigenvalue weighted by Gasteiger charge is 2.28. The zero-order chi connectivity index (χ0) is 20.3. The van der Waals surface area contributed by atoms with E-state index in [9.17, 15) is 9.59 Å². The van der Waals surface area contributed by atoms with Crippen LogP contribution < -0.4 is 10.2 Å². The van der Waals surface area contributed by atoms with Crippen molar-refractivity contribution in [3.8, 4) is 11.4 Å². The number of carbonyl (C=O) groups is 2. The zero-order valence-electron chi connectivity index (χ0n) is 16.5. The first kappa shape index (κ1) is 19.5. The second-order valence-electron chi connectivity index (χ2n) is 6.80. The van der Waals surface area contributed by atoms with Gasteiger partial charge in [0.2, 0.25) is 0 Å². The number of anilines is 1.